The summed E-state index contributed by atoms with van der Waals surface area (Å²) in [6, 6.07) is 7.66. The van der Waals surface area contributed by atoms with Gasteiger partial charge in [-0.3, -0.25) is 14.6 Å². The fourth-order valence-electron chi connectivity index (χ4n) is 4.62. The molecule has 2 aliphatic rings. The Morgan fingerprint density at radius 2 is 1.97 bits per heavy atom. The number of fused-ring (bicyclic) bond motifs is 5. The Balaban J connectivity index is 0.000000956. The second-order valence-electron chi connectivity index (χ2n) is 8.46. The summed E-state index contributed by atoms with van der Waals surface area (Å²) in [5.41, 5.74) is 13.8. The SMILES string of the molecule is C=CC(=O)Nc1cc(-c2cc3c(cn2)CCc2c-3[nH]c3c2C(=O)NCC3)ccc1OCCCN.CC.CC. The van der Waals surface area contributed by atoms with Crippen LogP contribution in [0.5, 0.6) is 5.75 Å². The minimum Gasteiger partial charge on any atom is -0.491 e. The summed E-state index contributed by atoms with van der Waals surface area (Å²) in [6.07, 6.45) is 6.29. The quantitative estimate of drug-likeness (QED) is 0.259. The molecule has 0 saturated carbocycles. The second-order valence-corrected chi connectivity index (χ2v) is 8.46. The van der Waals surface area contributed by atoms with Gasteiger partial charge in [0.2, 0.25) is 5.91 Å². The van der Waals surface area contributed by atoms with E-state index in [9.17, 15) is 9.59 Å². The van der Waals surface area contributed by atoms with Gasteiger partial charge in [0.25, 0.3) is 5.91 Å². The molecule has 0 radical (unpaired) electrons. The van der Waals surface area contributed by atoms with Crippen molar-refractivity contribution in [3.05, 3.63) is 65.5 Å². The largest absolute Gasteiger partial charge is 0.491 e. The Labute approximate surface area is 225 Å². The average molecular weight is 518 g/mol. The molecule has 0 saturated heterocycles. The van der Waals surface area contributed by atoms with Gasteiger partial charge in [-0.25, -0.2) is 0 Å². The van der Waals surface area contributed by atoms with E-state index in [2.05, 4.69) is 28.3 Å². The predicted octanol–water partition coefficient (Wildman–Crippen LogP) is 5.03. The second kappa shape index (κ2) is 13.6. The molecule has 0 fully saturated rings. The lowest BCUT2D eigenvalue weighted by Gasteiger charge is -2.19. The van der Waals surface area contributed by atoms with Crippen molar-refractivity contribution < 1.29 is 14.3 Å². The number of pyridine rings is 1. The first kappa shape index (κ1) is 28.7. The van der Waals surface area contributed by atoms with Gasteiger partial charge in [0.05, 0.1) is 29.2 Å². The summed E-state index contributed by atoms with van der Waals surface area (Å²) >= 11 is 0. The number of nitrogens with two attached hydrogens (primary N) is 1. The number of hydrogen-bond acceptors (Lipinski definition) is 5. The smallest absolute Gasteiger partial charge is 0.253 e. The van der Waals surface area contributed by atoms with E-state index in [-0.39, 0.29) is 11.8 Å². The van der Waals surface area contributed by atoms with Crippen molar-refractivity contribution in [2.45, 2.75) is 53.4 Å². The highest BCUT2D eigenvalue weighted by atomic mass is 16.5. The zero-order chi connectivity index (χ0) is 27.7. The first-order valence-corrected chi connectivity index (χ1v) is 13.5. The Morgan fingerprint density at radius 3 is 2.71 bits per heavy atom. The molecule has 0 spiro atoms. The Morgan fingerprint density at radius 1 is 1.18 bits per heavy atom. The van der Waals surface area contributed by atoms with Gasteiger partial charge in [0.15, 0.2) is 0 Å². The number of carbonyl (C=O) groups excluding carboxylic acids is 2. The molecule has 2 aromatic heterocycles. The zero-order valence-electron chi connectivity index (χ0n) is 22.9. The summed E-state index contributed by atoms with van der Waals surface area (Å²) in [4.78, 5) is 32.7. The minimum atomic E-state index is -0.320. The number of nitrogens with zero attached hydrogens (tertiary/aromatic N) is 1. The van der Waals surface area contributed by atoms with Gasteiger partial charge in [0.1, 0.15) is 5.75 Å². The van der Waals surface area contributed by atoms with Crippen molar-refractivity contribution in [1.29, 1.82) is 0 Å². The molecule has 1 aliphatic carbocycles. The van der Waals surface area contributed by atoms with E-state index < -0.39 is 0 Å². The van der Waals surface area contributed by atoms with Gasteiger partial charge < -0.3 is 26.1 Å². The van der Waals surface area contributed by atoms with Crippen LogP contribution in [0.2, 0.25) is 0 Å². The summed E-state index contributed by atoms with van der Waals surface area (Å²) < 4.78 is 5.82. The number of amides is 2. The lowest BCUT2D eigenvalue weighted by Crippen LogP contribution is -2.32. The third kappa shape index (κ3) is 5.97. The number of aromatic amines is 1. The van der Waals surface area contributed by atoms with Gasteiger partial charge in [-0.2, -0.15) is 0 Å². The highest BCUT2D eigenvalue weighted by Crippen LogP contribution is 2.39. The number of H-pyrrole nitrogens is 1. The molecular formula is C30H39N5O3. The third-order valence-corrected chi connectivity index (χ3v) is 6.29. The minimum absolute atomic E-state index is 0.00399. The Bertz CT molecular complexity index is 1300. The van der Waals surface area contributed by atoms with Crippen LogP contribution in [0, 0.1) is 0 Å². The summed E-state index contributed by atoms with van der Waals surface area (Å²) in [5.74, 6) is 0.249. The summed E-state index contributed by atoms with van der Waals surface area (Å²) in [5, 5.41) is 5.78. The van der Waals surface area contributed by atoms with Crippen LogP contribution in [0.4, 0.5) is 5.69 Å². The van der Waals surface area contributed by atoms with Gasteiger partial charge in [-0.1, -0.05) is 34.3 Å². The van der Waals surface area contributed by atoms with Crippen molar-refractivity contribution in [3.63, 3.8) is 0 Å². The van der Waals surface area contributed by atoms with Crippen molar-refractivity contribution in [1.82, 2.24) is 15.3 Å². The molecular weight excluding hydrogens is 478 g/mol. The van der Waals surface area contributed by atoms with Crippen LogP contribution in [0.25, 0.3) is 22.5 Å². The number of hydrogen-bond donors (Lipinski definition) is 4. The van der Waals surface area contributed by atoms with Gasteiger partial charge in [0, 0.05) is 36.0 Å². The normalized spacial score (nSPS) is 12.7. The topological polar surface area (TPSA) is 122 Å². The van der Waals surface area contributed by atoms with Crippen LogP contribution < -0.4 is 21.1 Å². The molecule has 202 valence electrons. The highest BCUT2D eigenvalue weighted by molar-refractivity contribution is 6.01. The predicted molar refractivity (Wildman–Crippen MR) is 154 cm³/mol. The number of benzene rings is 1. The van der Waals surface area contributed by atoms with Crippen LogP contribution in [0.1, 0.15) is 61.3 Å². The highest BCUT2D eigenvalue weighted by Gasteiger charge is 2.29. The summed E-state index contributed by atoms with van der Waals surface area (Å²) in [6.45, 7) is 13.2. The molecule has 3 heterocycles. The Hall–Kier alpha value is -3.91. The standard InChI is InChI=1S/C26H27N5O3.2C2H6/c1-2-23(32)30-21-12-15(5-7-22(21)34-11-3-9-27)20-13-18-16(14-29-20)4-6-17-24-19(31-25(17)18)8-10-28-26(24)33;2*1-2/h2,5,7,12-14,31H,1,3-4,6,8-11,27H2,(H,28,33)(H,30,32);2*1-2H3. The van der Waals surface area contributed by atoms with Gasteiger partial charge >= 0.3 is 0 Å². The first-order chi connectivity index (χ1) is 18.6. The maximum atomic E-state index is 12.5. The van der Waals surface area contributed by atoms with E-state index in [0.29, 0.717) is 37.6 Å². The van der Waals surface area contributed by atoms with E-state index in [4.69, 9.17) is 15.5 Å². The molecule has 1 aliphatic heterocycles. The molecule has 0 bridgehead atoms. The number of aryl methyl sites for hydroxylation is 1. The van der Waals surface area contributed by atoms with Crippen LogP contribution in [0.15, 0.2) is 43.1 Å². The number of nitrogens with one attached hydrogen (secondary N) is 3. The number of rotatable bonds is 7. The molecule has 5 N–H and O–H groups in total. The molecule has 3 aromatic rings. The zero-order valence-corrected chi connectivity index (χ0v) is 22.9. The first-order valence-electron chi connectivity index (χ1n) is 13.5. The average Bonchev–Trinajstić information content (AvgIpc) is 3.36. The molecule has 8 heteroatoms. The van der Waals surface area contributed by atoms with Crippen molar-refractivity contribution in [2.75, 3.05) is 25.0 Å². The van der Waals surface area contributed by atoms with E-state index in [0.717, 1.165) is 64.2 Å². The van der Waals surface area contributed by atoms with Crippen LogP contribution >= 0.6 is 0 Å². The van der Waals surface area contributed by atoms with E-state index in [1.54, 1.807) is 0 Å². The van der Waals surface area contributed by atoms with Crippen molar-refractivity contribution in [2.24, 2.45) is 5.73 Å². The molecule has 0 atom stereocenters. The number of carbonyl (C=O) groups is 2. The van der Waals surface area contributed by atoms with E-state index in [1.807, 2.05) is 52.1 Å². The van der Waals surface area contributed by atoms with Crippen LogP contribution in [-0.4, -0.2) is 41.5 Å². The summed E-state index contributed by atoms with van der Waals surface area (Å²) in [7, 11) is 0. The lowest BCUT2D eigenvalue weighted by atomic mass is 9.88. The fourth-order valence-corrected chi connectivity index (χ4v) is 4.62. The van der Waals surface area contributed by atoms with Gasteiger partial charge in [-0.15, -0.1) is 0 Å². The molecule has 0 unspecified atom stereocenters. The molecule has 1 aromatic carbocycles. The number of ether oxygens (including phenoxy) is 1. The number of anilines is 1. The number of aromatic nitrogens is 2. The van der Waals surface area contributed by atoms with Crippen LogP contribution in [0.3, 0.4) is 0 Å². The molecule has 2 amide bonds. The Kier molecular flexibility index (Phi) is 10.2. The van der Waals surface area contributed by atoms with E-state index in [1.165, 1.54) is 6.08 Å². The molecule has 8 nitrogen and oxygen atoms in total. The van der Waals surface area contributed by atoms with Crippen molar-refractivity contribution in [3.8, 4) is 28.3 Å². The third-order valence-electron chi connectivity index (χ3n) is 6.29. The lowest BCUT2D eigenvalue weighted by molar-refractivity contribution is -0.111. The maximum Gasteiger partial charge on any atom is 0.253 e. The fraction of sp³-hybridized carbons (Fsp3) is 0.367. The molecule has 38 heavy (non-hydrogen) atoms. The molecule has 5 rings (SSSR count). The van der Waals surface area contributed by atoms with Crippen molar-refractivity contribution >= 4 is 17.5 Å². The maximum absolute atomic E-state index is 12.5. The van der Waals surface area contributed by atoms with Crippen LogP contribution in [-0.2, 0) is 24.1 Å². The monoisotopic (exact) mass is 517 g/mol. The van der Waals surface area contributed by atoms with Gasteiger partial charge in [-0.05, 0) is 67.3 Å². The van der Waals surface area contributed by atoms with E-state index >= 15 is 0 Å².